The molecule has 4 N–H and O–H groups in total. The van der Waals surface area contributed by atoms with Crippen molar-refractivity contribution < 1.29 is 4.79 Å². The molecule has 3 atom stereocenters. The zero-order chi connectivity index (χ0) is 10.1. The van der Waals surface area contributed by atoms with Crippen LogP contribution in [0.4, 0.5) is 0 Å². The second-order valence-corrected chi connectivity index (χ2v) is 3.51. The summed E-state index contributed by atoms with van der Waals surface area (Å²) in [4.78, 5) is 11.4. The Balaban J connectivity index is 1.88. The minimum Gasteiger partial charge on any atom is -0.346 e. The van der Waals surface area contributed by atoms with Crippen LogP contribution in [0.3, 0.4) is 0 Å². The third-order valence-electron chi connectivity index (χ3n) is 2.28. The van der Waals surface area contributed by atoms with E-state index in [2.05, 4.69) is 25.9 Å². The minimum atomic E-state index is -0.228. The summed E-state index contributed by atoms with van der Waals surface area (Å²) in [5, 5.41) is 16.1. The van der Waals surface area contributed by atoms with Gasteiger partial charge >= 0.3 is 0 Å². The first-order valence-electron chi connectivity index (χ1n) is 4.48. The molecule has 7 heteroatoms. The van der Waals surface area contributed by atoms with Crippen molar-refractivity contribution in [3.8, 4) is 0 Å². The highest BCUT2D eigenvalue weighted by Gasteiger charge is 2.40. The van der Waals surface area contributed by atoms with E-state index in [1.54, 1.807) is 6.92 Å². The largest absolute Gasteiger partial charge is 0.346 e. The highest BCUT2D eigenvalue weighted by molar-refractivity contribution is 5.82. The lowest BCUT2D eigenvalue weighted by molar-refractivity contribution is -0.123. The van der Waals surface area contributed by atoms with E-state index in [1.807, 2.05) is 0 Å². The molecule has 1 fully saturated rings. The Bertz CT molecular complexity index is 323. The van der Waals surface area contributed by atoms with E-state index < -0.39 is 0 Å². The first-order valence-corrected chi connectivity index (χ1v) is 4.48. The number of nitrogens with two attached hydrogens (primary N) is 1. The molecular formula is C7H12N6O. The highest BCUT2D eigenvalue weighted by atomic mass is 16.2. The average molecular weight is 196 g/mol. The van der Waals surface area contributed by atoms with Gasteiger partial charge in [0.2, 0.25) is 5.91 Å². The molecule has 0 saturated heterocycles. The lowest BCUT2D eigenvalue weighted by atomic mass is 10.3. The maximum Gasteiger partial charge on any atom is 0.225 e. The monoisotopic (exact) mass is 196 g/mol. The number of aromatic amines is 1. The lowest BCUT2D eigenvalue weighted by Crippen LogP contribution is -2.30. The summed E-state index contributed by atoms with van der Waals surface area (Å²) in [6.07, 6.45) is 0.769. The number of H-pyrrole nitrogens is 1. The third-order valence-corrected chi connectivity index (χ3v) is 2.28. The fourth-order valence-corrected chi connectivity index (χ4v) is 1.25. The van der Waals surface area contributed by atoms with Crippen LogP contribution in [0.25, 0.3) is 0 Å². The Labute approximate surface area is 80.4 Å². The summed E-state index contributed by atoms with van der Waals surface area (Å²) >= 11 is 0. The maximum absolute atomic E-state index is 11.4. The predicted octanol–water partition coefficient (Wildman–Crippen LogP) is -1.28. The van der Waals surface area contributed by atoms with Crippen LogP contribution in [-0.2, 0) is 4.79 Å². The predicted molar refractivity (Wildman–Crippen MR) is 46.8 cm³/mol. The number of aromatic nitrogens is 4. The molecule has 1 aromatic heterocycles. The Kier molecular flexibility index (Phi) is 2.16. The fourth-order valence-electron chi connectivity index (χ4n) is 1.25. The van der Waals surface area contributed by atoms with E-state index in [-0.39, 0.29) is 23.9 Å². The fraction of sp³-hybridized carbons (Fsp3) is 0.714. The summed E-state index contributed by atoms with van der Waals surface area (Å²) in [7, 11) is 0. The normalized spacial score (nSPS) is 27.0. The second-order valence-electron chi connectivity index (χ2n) is 3.51. The molecule has 1 aromatic rings. The summed E-state index contributed by atoms with van der Waals surface area (Å²) in [6, 6.07) is -0.207. The number of rotatable bonds is 3. The van der Waals surface area contributed by atoms with E-state index in [1.165, 1.54) is 0 Å². The molecule has 0 radical (unpaired) electrons. The molecule has 3 unspecified atom stereocenters. The molecule has 2 rings (SSSR count). The Hall–Kier alpha value is -1.50. The van der Waals surface area contributed by atoms with Crippen LogP contribution in [0.15, 0.2) is 0 Å². The quantitative estimate of drug-likeness (QED) is 0.558. The number of carbonyl (C=O) groups excluding carboxylic acids is 1. The number of nitrogens with one attached hydrogen (secondary N) is 2. The SMILES string of the molecule is CC(NC(=O)C1CC1N)c1nn[nH]n1. The average Bonchev–Trinajstić information content (AvgIpc) is 2.70. The molecule has 76 valence electrons. The Morgan fingerprint density at radius 3 is 3.00 bits per heavy atom. The summed E-state index contributed by atoms with van der Waals surface area (Å²) in [5.74, 6) is 0.409. The van der Waals surface area contributed by atoms with Crippen molar-refractivity contribution in [3.05, 3.63) is 5.82 Å². The van der Waals surface area contributed by atoms with Crippen molar-refractivity contribution >= 4 is 5.91 Å². The number of hydrogen-bond donors (Lipinski definition) is 3. The van der Waals surface area contributed by atoms with Crippen molar-refractivity contribution in [1.82, 2.24) is 25.9 Å². The molecule has 0 bridgehead atoms. The smallest absolute Gasteiger partial charge is 0.225 e. The van der Waals surface area contributed by atoms with Crippen LogP contribution >= 0.6 is 0 Å². The highest BCUT2D eigenvalue weighted by Crippen LogP contribution is 2.28. The molecule has 14 heavy (non-hydrogen) atoms. The van der Waals surface area contributed by atoms with E-state index in [0.717, 1.165) is 6.42 Å². The summed E-state index contributed by atoms with van der Waals surface area (Å²) < 4.78 is 0. The first kappa shape index (κ1) is 9.07. The summed E-state index contributed by atoms with van der Waals surface area (Å²) in [6.45, 7) is 1.80. The zero-order valence-electron chi connectivity index (χ0n) is 7.77. The van der Waals surface area contributed by atoms with Crippen molar-refractivity contribution in [2.45, 2.75) is 25.4 Å². The third kappa shape index (κ3) is 1.72. The molecule has 1 aliphatic rings. The Morgan fingerprint density at radius 1 is 1.79 bits per heavy atom. The number of hydrogen-bond acceptors (Lipinski definition) is 5. The molecule has 1 aliphatic carbocycles. The summed E-state index contributed by atoms with van der Waals surface area (Å²) in [5.41, 5.74) is 5.55. The lowest BCUT2D eigenvalue weighted by Gasteiger charge is -2.08. The second kappa shape index (κ2) is 3.33. The van der Waals surface area contributed by atoms with Gasteiger partial charge in [0.1, 0.15) is 0 Å². The van der Waals surface area contributed by atoms with Gasteiger partial charge in [0.05, 0.1) is 12.0 Å². The van der Waals surface area contributed by atoms with Gasteiger partial charge in [-0.3, -0.25) is 4.79 Å². The standard InChI is InChI=1S/C7H12N6O/c1-3(6-10-12-13-11-6)9-7(14)4-2-5(4)8/h3-5H,2,8H2,1H3,(H,9,14)(H,10,11,12,13). The van der Waals surface area contributed by atoms with Crippen LogP contribution in [0.5, 0.6) is 0 Å². The van der Waals surface area contributed by atoms with Gasteiger partial charge in [-0.1, -0.05) is 5.21 Å². The molecule has 1 amide bonds. The van der Waals surface area contributed by atoms with E-state index in [4.69, 9.17) is 5.73 Å². The van der Waals surface area contributed by atoms with Gasteiger partial charge in [0.25, 0.3) is 0 Å². The molecule has 1 heterocycles. The molecule has 0 aliphatic heterocycles. The van der Waals surface area contributed by atoms with Crippen LogP contribution in [-0.4, -0.2) is 32.6 Å². The van der Waals surface area contributed by atoms with E-state index in [0.29, 0.717) is 5.82 Å². The van der Waals surface area contributed by atoms with Crippen molar-refractivity contribution in [2.75, 3.05) is 0 Å². The molecule has 1 saturated carbocycles. The van der Waals surface area contributed by atoms with Gasteiger partial charge < -0.3 is 11.1 Å². The van der Waals surface area contributed by atoms with Crippen LogP contribution in [0, 0.1) is 5.92 Å². The van der Waals surface area contributed by atoms with Gasteiger partial charge in [0.15, 0.2) is 5.82 Å². The minimum absolute atomic E-state index is 0.0208. The Morgan fingerprint density at radius 2 is 2.50 bits per heavy atom. The van der Waals surface area contributed by atoms with Gasteiger partial charge in [-0.25, -0.2) is 0 Å². The molecular weight excluding hydrogens is 184 g/mol. The zero-order valence-corrected chi connectivity index (χ0v) is 7.77. The molecule has 7 nitrogen and oxygen atoms in total. The van der Waals surface area contributed by atoms with Crippen molar-refractivity contribution in [3.63, 3.8) is 0 Å². The number of nitrogens with zero attached hydrogens (tertiary/aromatic N) is 3. The van der Waals surface area contributed by atoms with Gasteiger partial charge in [-0.15, -0.1) is 10.2 Å². The maximum atomic E-state index is 11.4. The first-order chi connectivity index (χ1) is 6.68. The number of amides is 1. The van der Waals surface area contributed by atoms with Crippen molar-refractivity contribution in [1.29, 1.82) is 0 Å². The van der Waals surface area contributed by atoms with Gasteiger partial charge in [-0.2, -0.15) is 5.21 Å². The van der Waals surface area contributed by atoms with Crippen LogP contribution in [0.1, 0.15) is 25.2 Å². The van der Waals surface area contributed by atoms with Gasteiger partial charge in [0, 0.05) is 6.04 Å². The molecule has 0 spiro atoms. The van der Waals surface area contributed by atoms with Crippen molar-refractivity contribution in [2.24, 2.45) is 11.7 Å². The number of carbonyl (C=O) groups is 1. The topological polar surface area (TPSA) is 110 Å². The van der Waals surface area contributed by atoms with E-state index >= 15 is 0 Å². The molecule has 0 aromatic carbocycles. The number of tetrazole rings is 1. The van der Waals surface area contributed by atoms with E-state index in [9.17, 15) is 4.79 Å². The van der Waals surface area contributed by atoms with Crippen LogP contribution < -0.4 is 11.1 Å². The van der Waals surface area contributed by atoms with Gasteiger partial charge in [-0.05, 0) is 13.3 Å². The van der Waals surface area contributed by atoms with Crippen LogP contribution in [0.2, 0.25) is 0 Å².